The third kappa shape index (κ3) is 3.77. The Labute approximate surface area is 191 Å². The topological polar surface area (TPSA) is 102 Å². The number of amides is 4. The maximum Gasteiger partial charge on any atom is 0.332 e. The molecule has 0 radical (unpaired) electrons. The number of carbonyl (C=O) groups excluding carboxylic acids is 3. The molecule has 1 aromatic carbocycles. The van der Waals surface area contributed by atoms with Crippen LogP contribution in [0.2, 0.25) is 5.15 Å². The van der Waals surface area contributed by atoms with Crippen LogP contribution in [-0.4, -0.2) is 57.4 Å². The number of unbranched alkanes of at least 4 members (excludes halogenated alkanes) is 1. The molecule has 32 heavy (non-hydrogen) atoms. The number of rotatable bonds is 6. The lowest BCUT2D eigenvalue weighted by molar-refractivity contribution is -0.144. The van der Waals surface area contributed by atoms with Gasteiger partial charge in [-0.25, -0.2) is 9.78 Å². The summed E-state index contributed by atoms with van der Waals surface area (Å²) >= 11 is 6.50. The predicted octanol–water partition coefficient (Wildman–Crippen LogP) is 3.38. The van der Waals surface area contributed by atoms with E-state index < -0.39 is 23.8 Å². The molecule has 1 aromatic heterocycles. The molecule has 2 aliphatic heterocycles. The van der Waals surface area contributed by atoms with E-state index in [2.05, 4.69) is 22.0 Å². The molecule has 2 aliphatic rings. The van der Waals surface area contributed by atoms with Crippen molar-refractivity contribution in [3.8, 4) is 0 Å². The molecular formula is C22H25ClN6O3. The van der Waals surface area contributed by atoms with Gasteiger partial charge in [0, 0.05) is 26.9 Å². The van der Waals surface area contributed by atoms with Crippen LogP contribution in [0.1, 0.15) is 43.7 Å². The number of halogens is 1. The first-order chi connectivity index (χ1) is 15.3. The van der Waals surface area contributed by atoms with Crippen LogP contribution in [0.25, 0.3) is 0 Å². The molecule has 1 N–H and O–H groups in total. The number of barbiturate groups is 1. The Morgan fingerprint density at radius 2 is 1.75 bits per heavy atom. The van der Waals surface area contributed by atoms with Crippen LogP contribution >= 0.6 is 11.6 Å². The van der Waals surface area contributed by atoms with E-state index in [9.17, 15) is 14.4 Å². The van der Waals surface area contributed by atoms with Gasteiger partial charge in [-0.1, -0.05) is 43.1 Å². The third-order valence-corrected chi connectivity index (χ3v) is 6.14. The largest absolute Gasteiger partial charge is 0.343 e. The second-order valence-corrected chi connectivity index (χ2v) is 8.35. The monoisotopic (exact) mass is 456 g/mol. The fourth-order valence-electron chi connectivity index (χ4n) is 4.04. The van der Waals surface area contributed by atoms with Crippen molar-refractivity contribution in [2.45, 2.75) is 38.6 Å². The Morgan fingerprint density at radius 1 is 1.09 bits per heavy atom. The zero-order chi connectivity index (χ0) is 23.0. The van der Waals surface area contributed by atoms with Gasteiger partial charge in [-0.3, -0.25) is 24.4 Å². The number of imide groups is 2. The van der Waals surface area contributed by atoms with E-state index in [0.29, 0.717) is 23.0 Å². The van der Waals surface area contributed by atoms with Gasteiger partial charge in [0.25, 0.3) is 0 Å². The van der Waals surface area contributed by atoms with Crippen molar-refractivity contribution in [1.29, 1.82) is 0 Å². The van der Waals surface area contributed by atoms with Gasteiger partial charge >= 0.3 is 6.03 Å². The number of H-pyrrole nitrogens is 1. The average Bonchev–Trinajstić information content (AvgIpc) is 3.39. The molecule has 3 heterocycles. The molecule has 1 saturated heterocycles. The van der Waals surface area contributed by atoms with Crippen molar-refractivity contribution in [1.82, 2.24) is 19.8 Å². The molecule has 168 valence electrons. The van der Waals surface area contributed by atoms with Gasteiger partial charge in [-0.15, -0.1) is 0 Å². The highest BCUT2D eigenvalue weighted by atomic mass is 35.5. The first-order valence-electron chi connectivity index (χ1n) is 10.6. The van der Waals surface area contributed by atoms with Crippen molar-refractivity contribution in [3.63, 3.8) is 0 Å². The standard InChI is InChI=1S/C22H25ClN6O3/c1-4-5-11-16-24-18(19(23)25-16)15-12-14(26-29(15)13-9-7-6-8-10-13)17-20(30)27(2)22(32)28(3)21(17)31/h6-10,15,17H,4-5,11-12H2,1-3H3,(H,24,25). The maximum atomic E-state index is 12.9. The summed E-state index contributed by atoms with van der Waals surface area (Å²) in [5.74, 6) is -1.52. The zero-order valence-corrected chi connectivity index (χ0v) is 19.0. The molecule has 0 bridgehead atoms. The number of aromatic nitrogens is 2. The van der Waals surface area contributed by atoms with E-state index in [-0.39, 0.29) is 6.04 Å². The van der Waals surface area contributed by atoms with Crippen LogP contribution in [0, 0.1) is 5.92 Å². The first kappa shape index (κ1) is 22.0. The summed E-state index contributed by atoms with van der Waals surface area (Å²) < 4.78 is 0. The number of benzene rings is 1. The summed E-state index contributed by atoms with van der Waals surface area (Å²) in [6.45, 7) is 2.11. The number of aromatic amines is 1. The molecule has 4 rings (SSSR count). The van der Waals surface area contributed by atoms with Crippen LogP contribution in [0.5, 0.6) is 0 Å². The number of nitrogens with zero attached hydrogens (tertiary/aromatic N) is 5. The van der Waals surface area contributed by atoms with E-state index >= 15 is 0 Å². The lowest BCUT2D eigenvalue weighted by Crippen LogP contribution is -2.58. The zero-order valence-electron chi connectivity index (χ0n) is 18.2. The van der Waals surface area contributed by atoms with Gasteiger partial charge in [-0.05, 0) is 18.6 Å². The quantitative estimate of drug-likeness (QED) is 0.671. The number of hydrogen-bond acceptors (Lipinski definition) is 6. The van der Waals surface area contributed by atoms with Crippen molar-refractivity contribution >= 4 is 40.8 Å². The molecule has 1 fully saturated rings. The lowest BCUT2D eigenvalue weighted by atomic mass is 9.93. The number of hydrogen-bond donors (Lipinski definition) is 1. The molecule has 10 heteroatoms. The summed E-state index contributed by atoms with van der Waals surface area (Å²) in [7, 11) is 2.74. The minimum Gasteiger partial charge on any atom is -0.343 e. The van der Waals surface area contributed by atoms with Gasteiger partial charge in [0.05, 0.1) is 17.1 Å². The van der Waals surface area contributed by atoms with Crippen LogP contribution in [-0.2, 0) is 16.0 Å². The smallest absolute Gasteiger partial charge is 0.332 e. The summed E-state index contributed by atoms with van der Waals surface area (Å²) in [5, 5.41) is 6.79. The Balaban J connectivity index is 1.72. The molecule has 9 nitrogen and oxygen atoms in total. The predicted molar refractivity (Wildman–Crippen MR) is 120 cm³/mol. The Hall–Kier alpha value is -3.20. The summed E-state index contributed by atoms with van der Waals surface area (Å²) in [5.41, 5.74) is 1.87. The van der Waals surface area contributed by atoms with Crippen molar-refractivity contribution < 1.29 is 14.4 Å². The highest BCUT2D eigenvalue weighted by molar-refractivity contribution is 6.30. The minimum absolute atomic E-state index is 0.294. The second-order valence-electron chi connectivity index (χ2n) is 7.99. The van der Waals surface area contributed by atoms with Crippen LogP contribution < -0.4 is 5.01 Å². The molecule has 1 atom stereocenters. The highest BCUT2D eigenvalue weighted by Crippen LogP contribution is 2.39. The molecule has 4 amide bonds. The van der Waals surface area contributed by atoms with Crippen molar-refractivity contribution in [2.24, 2.45) is 11.0 Å². The summed E-state index contributed by atoms with van der Waals surface area (Å²) in [6, 6.07) is 8.45. The number of urea groups is 1. The van der Waals surface area contributed by atoms with Gasteiger partial charge < -0.3 is 4.98 Å². The van der Waals surface area contributed by atoms with Crippen molar-refractivity contribution in [3.05, 3.63) is 47.0 Å². The lowest BCUT2D eigenvalue weighted by Gasteiger charge is -2.32. The van der Waals surface area contributed by atoms with E-state index in [1.165, 1.54) is 14.1 Å². The molecule has 1 unspecified atom stereocenters. The summed E-state index contributed by atoms with van der Waals surface area (Å²) in [4.78, 5) is 47.6. The number of aryl methyl sites for hydroxylation is 1. The first-order valence-corrected chi connectivity index (χ1v) is 11.0. The van der Waals surface area contributed by atoms with E-state index in [4.69, 9.17) is 11.6 Å². The number of anilines is 1. The number of nitrogens with one attached hydrogen (secondary N) is 1. The second kappa shape index (κ2) is 8.74. The highest BCUT2D eigenvalue weighted by Gasteiger charge is 2.48. The van der Waals surface area contributed by atoms with Gasteiger partial charge in [0.2, 0.25) is 11.8 Å². The number of carbonyl (C=O) groups is 3. The number of hydrazone groups is 1. The van der Waals surface area contributed by atoms with E-state index in [1.54, 1.807) is 5.01 Å². The van der Waals surface area contributed by atoms with E-state index in [1.807, 2.05) is 30.3 Å². The van der Waals surface area contributed by atoms with Crippen molar-refractivity contribution in [2.75, 3.05) is 19.1 Å². The fraction of sp³-hybridized carbons (Fsp3) is 0.409. The summed E-state index contributed by atoms with van der Waals surface area (Å²) in [6.07, 6.45) is 3.09. The number of imidazole rings is 1. The normalized spacial score (nSPS) is 19.9. The van der Waals surface area contributed by atoms with Crippen LogP contribution in [0.4, 0.5) is 10.5 Å². The Bertz CT molecular complexity index is 1060. The van der Waals surface area contributed by atoms with Gasteiger partial charge in [-0.2, -0.15) is 5.10 Å². The molecule has 2 aromatic rings. The van der Waals surface area contributed by atoms with E-state index in [0.717, 1.165) is 40.6 Å². The molecular weight excluding hydrogens is 432 g/mol. The Morgan fingerprint density at radius 3 is 2.38 bits per heavy atom. The minimum atomic E-state index is -1.15. The average molecular weight is 457 g/mol. The third-order valence-electron chi connectivity index (χ3n) is 5.85. The molecule has 0 aliphatic carbocycles. The Kier molecular flexibility index (Phi) is 6.01. The van der Waals surface area contributed by atoms with Gasteiger partial charge in [0.15, 0.2) is 11.1 Å². The van der Waals surface area contributed by atoms with Crippen LogP contribution in [0.15, 0.2) is 35.4 Å². The SMILES string of the molecule is CCCCc1nc(Cl)c(C2CC(C3C(=O)N(C)C(=O)N(C)C3=O)=NN2c2ccccc2)[nH]1. The molecule has 0 saturated carbocycles. The maximum absolute atomic E-state index is 12.9. The van der Waals surface area contributed by atoms with Gasteiger partial charge in [0.1, 0.15) is 11.9 Å². The fourth-order valence-corrected chi connectivity index (χ4v) is 4.32. The molecule has 0 spiro atoms. The number of para-hydroxylation sites is 1. The van der Waals surface area contributed by atoms with Crippen LogP contribution in [0.3, 0.4) is 0 Å².